The number of thiophene rings is 1. The van der Waals surface area contributed by atoms with Gasteiger partial charge in [0, 0.05) is 4.88 Å². The second-order valence-corrected chi connectivity index (χ2v) is 10.7. The zero-order valence-electron chi connectivity index (χ0n) is 20.1. The molecule has 1 aromatic carbocycles. The Hall–Kier alpha value is -2.91. The fraction of sp³-hybridized carbons (Fsp3) is 0.360. The molecule has 0 saturated heterocycles. The Labute approximate surface area is 207 Å². The van der Waals surface area contributed by atoms with Crippen LogP contribution in [0.4, 0.5) is 5.69 Å². The summed E-state index contributed by atoms with van der Waals surface area (Å²) in [7, 11) is 0. The first kappa shape index (κ1) is 24.2. The minimum absolute atomic E-state index is 0.133. The molecule has 1 atom stereocenters. The third-order valence-electron chi connectivity index (χ3n) is 5.99. The number of thioether (sulfide) groups is 1. The maximum atomic E-state index is 12.9. The predicted molar refractivity (Wildman–Crippen MR) is 141 cm³/mol. The zero-order valence-corrected chi connectivity index (χ0v) is 21.7. The number of fused-ring (bicyclic) bond motifs is 1. The van der Waals surface area contributed by atoms with Crippen LogP contribution in [0.3, 0.4) is 0 Å². The van der Waals surface area contributed by atoms with Crippen molar-refractivity contribution in [2.45, 2.75) is 52.6 Å². The number of para-hydroxylation sites is 1. The fourth-order valence-electron chi connectivity index (χ4n) is 3.92. The first-order valence-electron chi connectivity index (χ1n) is 11.3. The van der Waals surface area contributed by atoms with Crippen LogP contribution in [-0.4, -0.2) is 31.4 Å². The van der Waals surface area contributed by atoms with Crippen molar-refractivity contribution in [2.24, 2.45) is 5.92 Å². The molecule has 0 spiro atoms. The molecule has 3 heterocycles. The van der Waals surface area contributed by atoms with Crippen molar-refractivity contribution in [3.8, 4) is 5.69 Å². The number of hydrogen-bond donors (Lipinski definition) is 2. The van der Waals surface area contributed by atoms with Gasteiger partial charge in [-0.1, -0.05) is 50.2 Å². The van der Waals surface area contributed by atoms with Gasteiger partial charge in [0.05, 0.1) is 33.9 Å². The van der Waals surface area contributed by atoms with Gasteiger partial charge >= 0.3 is 0 Å². The maximum Gasteiger partial charge on any atom is 0.260 e. The van der Waals surface area contributed by atoms with Crippen LogP contribution >= 0.6 is 23.1 Å². The minimum atomic E-state index is -0.175. The van der Waals surface area contributed by atoms with Gasteiger partial charge in [-0.15, -0.1) is 11.3 Å². The van der Waals surface area contributed by atoms with E-state index in [4.69, 9.17) is 0 Å². The molecule has 0 fully saturated rings. The number of hydrogen-bond acceptors (Lipinski definition) is 6. The highest BCUT2D eigenvalue weighted by Crippen LogP contribution is 2.30. The van der Waals surface area contributed by atoms with Crippen molar-refractivity contribution in [3.05, 3.63) is 62.5 Å². The summed E-state index contributed by atoms with van der Waals surface area (Å²) < 4.78 is 1.82. The molecule has 7 nitrogen and oxygen atoms in total. The lowest BCUT2D eigenvalue weighted by molar-refractivity contribution is -0.113. The SMILES string of the molecule is CCC(C)Cc1c(C)sc2nc(SCC(=O)Nc3c(C)nn(-c4ccccc4)c3C)[nH]c(=O)c12. The highest BCUT2D eigenvalue weighted by Gasteiger charge is 2.18. The number of carbonyl (C=O) groups is 1. The molecule has 0 aliphatic heterocycles. The number of aryl methyl sites for hydroxylation is 2. The Kier molecular flexibility index (Phi) is 7.23. The smallest absolute Gasteiger partial charge is 0.260 e. The molecular formula is C25H29N5O2S2. The van der Waals surface area contributed by atoms with Crippen LogP contribution in [0.5, 0.6) is 0 Å². The molecule has 4 aromatic rings. The average molecular weight is 496 g/mol. The second-order valence-electron chi connectivity index (χ2n) is 8.54. The van der Waals surface area contributed by atoms with E-state index in [1.54, 1.807) is 11.3 Å². The topological polar surface area (TPSA) is 92.7 Å². The van der Waals surface area contributed by atoms with Crippen LogP contribution in [0.2, 0.25) is 0 Å². The molecule has 2 N–H and O–H groups in total. The third-order valence-corrected chi connectivity index (χ3v) is 7.90. The fourth-order valence-corrected chi connectivity index (χ4v) is 5.69. The normalized spacial score (nSPS) is 12.3. The van der Waals surface area contributed by atoms with Crippen molar-refractivity contribution < 1.29 is 4.79 Å². The Morgan fingerprint density at radius 2 is 1.97 bits per heavy atom. The lowest BCUT2D eigenvalue weighted by Gasteiger charge is -2.08. The number of anilines is 1. The van der Waals surface area contributed by atoms with E-state index in [0.29, 0.717) is 22.1 Å². The van der Waals surface area contributed by atoms with Crippen molar-refractivity contribution >= 4 is 44.9 Å². The van der Waals surface area contributed by atoms with Gasteiger partial charge in [-0.05, 0) is 50.8 Å². The summed E-state index contributed by atoms with van der Waals surface area (Å²) in [6.45, 7) is 10.2. The second kappa shape index (κ2) is 10.1. The summed E-state index contributed by atoms with van der Waals surface area (Å²) in [6.07, 6.45) is 1.94. The molecule has 178 valence electrons. The van der Waals surface area contributed by atoms with E-state index in [-0.39, 0.29) is 17.2 Å². The number of nitrogens with one attached hydrogen (secondary N) is 2. The van der Waals surface area contributed by atoms with E-state index in [9.17, 15) is 9.59 Å². The Bertz CT molecular complexity index is 1390. The molecule has 0 bridgehead atoms. The van der Waals surface area contributed by atoms with Crippen LogP contribution in [0.15, 0.2) is 40.3 Å². The molecular weight excluding hydrogens is 466 g/mol. The molecule has 0 saturated carbocycles. The summed E-state index contributed by atoms with van der Waals surface area (Å²) in [5.74, 6) is 0.465. The monoisotopic (exact) mass is 495 g/mol. The number of amides is 1. The Morgan fingerprint density at radius 1 is 1.24 bits per heavy atom. The van der Waals surface area contributed by atoms with Crippen LogP contribution < -0.4 is 10.9 Å². The zero-order chi connectivity index (χ0) is 24.4. The van der Waals surface area contributed by atoms with Crippen LogP contribution in [0, 0.1) is 26.7 Å². The van der Waals surface area contributed by atoms with E-state index >= 15 is 0 Å². The molecule has 0 radical (unpaired) electrons. The Morgan fingerprint density at radius 3 is 2.68 bits per heavy atom. The number of nitrogens with zero attached hydrogens (tertiary/aromatic N) is 3. The van der Waals surface area contributed by atoms with E-state index in [1.165, 1.54) is 11.8 Å². The number of benzene rings is 1. The first-order chi connectivity index (χ1) is 16.3. The van der Waals surface area contributed by atoms with Gasteiger partial charge < -0.3 is 10.3 Å². The van der Waals surface area contributed by atoms with Gasteiger partial charge in [0.2, 0.25) is 5.91 Å². The summed E-state index contributed by atoms with van der Waals surface area (Å²) in [6, 6.07) is 9.80. The quantitative estimate of drug-likeness (QED) is 0.252. The van der Waals surface area contributed by atoms with Crippen molar-refractivity contribution in [1.82, 2.24) is 19.7 Å². The van der Waals surface area contributed by atoms with E-state index in [0.717, 1.165) is 45.2 Å². The van der Waals surface area contributed by atoms with Gasteiger partial charge in [0.15, 0.2) is 5.16 Å². The number of carbonyl (C=O) groups excluding carboxylic acids is 1. The van der Waals surface area contributed by atoms with Gasteiger partial charge in [0.25, 0.3) is 5.56 Å². The highest BCUT2D eigenvalue weighted by molar-refractivity contribution is 7.99. The number of H-pyrrole nitrogens is 1. The lowest BCUT2D eigenvalue weighted by Crippen LogP contribution is -2.16. The summed E-state index contributed by atoms with van der Waals surface area (Å²) in [4.78, 5) is 34.9. The van der Waals surface area contributed by atoms with Gasteiger partial charge in [-0.3, -0.25) is 9.59 Å². The standard InChI is InChI=1S/C25H29N5O2S2/c1-6-14(2)12-19-17(5)34-24-21(19)23(32)27-25(28-24)33-13-20(31)26-22-15(3)29-30(16(22)4)18-10-8-7-9-11-18/h7-11,14H,6,12-13H2,1-5H3,(H,26,31)(H,27,28,32). The molecule has 3 aromatic heterocycles. The lowest BCUT2D eigenvalue weighted by atomic mass is 9.98. The third kappa shape index (κ3) is 4.95. The van der Waals surface area contributed by atoms with E-state index < -0.39 is 0 Å². The van der Waals surface area contributed by atoms with Gasteiger partial charge in [-0.25, -0.2) is 9.67 Å². The highest BCUT2D eigenvalue weighted by atomic mass is 32.2. The van der Waals surface area contributed by atoms with Crippen LogP contribution in [0.1, 0.15) is 42.1 Å². The Balaban J connectivity index is 1.48. The molecule has 0 aliphatic carbocycles. The number of rotatable bonds is 8. The summed E-state index contributed by atoms with van der Waals surface area (Å²) in [5.41, 5.74) is 4.21. The molecule has 9 heteroatoms. The van der Waals surface area contributed by atoms with Crippen molar-refractivity contribution in [1.29, 1.82) is 0 Å². The van der Waals surface area contributed by atoms with Crippen LogP contribution in [0.25, 0.3) is 15.9 Å². The van der Waals surface area contributed by atoms with Gasteiger partial charge in [-0.2, -0.15) is 5.10 Å². The minimum Gasteiger partial charge on any atom is -0.322 e. The number of aromatic nitrogens is 4. The average Bonchev–Trinajstić information content (AvgIpc) is 3.28. The van der Waals surface area contributed by atoms with E-state index in [2.05, 4.69) is 34.2 Å². The van der Waals surface area contributed by atoms with Crippen LogP contribution in [-0.2, 0) is 11.2 Å². The maximum absolute atomic E-state index is 12.9. The molecule has 1 amide bonds. The molecule has 4 rings (SSSR count). The molecule has 34 heavy (non-hydrogen) atoms. The molecule has 0 aliphatic rings. The number of aromatic amines is 1. The summed E-state index contributed by atoms with van der Waals surface area (Å²) in [5, 5.41) is 8.69. The van der Waals surface area contributed by atoms with E-state index in [1.807, 2.05) is 55.8 Å². The summed E-state index contributed by atoms with van der Waals surface area (Å²) >= 11 is 2.77. The van der Waals surface area contributed by atoms with Gasteiger partial charge in [0.1, 0.15) is 4.83 Å². The van der Waals surface area contributed by atoms with Crippen molar-refractivity contribution in [2.75, 3.05) is 11.1 Å². The predicted octanol–water partition coefficient (Wildman–Crippen LogP) is 5.41. The first-order valence-corrected chi connectivity index (χ1v) is 13.1. The largest absolute Gasteiger partial charge is 0.322 e. The molecule has 1 unspecified atom stereocenters. The van der Waals surface area contributed by atoms with Crippen molar-refractivity contribution in [3.63, 3.8) is 0 Å².